The number of hydrogen-bond donors (Lipinski definition) is 2. The lowest BCUT2D eigenvalue weighted by Crippen LogP contribution is -2.45. The Bertz CT molecular complexity index is 1210. The Morgan fingerprint density at radius 1 is 1.11 bits per heavy atom. The van der Waals surface area contributed by atoms with Crippen molar-refractivity contribution < 1.29 is 9.53 Å². The number of nitrogens with zero attached hydrogens (tertiary/aromatic N) is 4. The first-order valence-corrected chi connectivity index (χ1v) is 17.6. The van der Waals surface area contributed by atoms with Gasteiger partial charge in [0.25, 0.3) is 0 Å². The maximum absolute atomic E-state index is 12.8. The first-order chi connectivity index (χ1) is 18.2. The van der Waals surface area contributed by atoms with Gasteiger partial charge in [-0.2, -0.15) is 5.10 Å². The summed E-state index contributed by atoms with van der Waals surface area (Å²) in [7, 11) is 0.961. The second kappa shape index (κ2) is 13.1. The molecule has 2 amide bonds. The molecule has 2 heterocycles. The number of halogens is 1. The molecule has 0 bridgehead atoms. The topological polar surface area (TPSA) is 74.7 Å². The summed E-state index contributed by atoms with van der Waals surface area (Å²) >= 11 is 6.72. The minimum Gasteiger partial charge on any atom is -0.360 e. The standard InChI is InChI=1S/C28H41ClN6O2Si/c1-33-13-15-34(16-14-33)12-8-11-30-28(36)31-27-24-19-23(22-9-6-5-7-10-22)25(29)20-26(24)35(32-27)21-37-17-18-38(2,3)4/h5-7,9-10,19-20H,8,11-18,21H2,1-4H3,(H2,30,31,32,36). The molecule has 0 radical (unpaired) electrons. The van der Waals surface area contributed by atoms with Crippen LogP contribution in [0.15, 0.2) is 42.5 Å². The Labute approximate surface area is 232 Å². The third-order valence-electron chi connectivity index (χ3n) is 6.90. The Morgan fingerprint density at radius 3 is 2.55 bits per heavy atom. The summed E-state index contributed by atoms with van der Waals surface area (Å²) in [5.74, 6) is 0.499. The molecular formula is C28H41ClN6O2Si. The van der Waals surface area contributed by atoms with Gasteiger partial charge in [0, 0.05) is 58.4 Å². The lowest BCUT2D eigenvalue weighted by Gasteiger charge is -2.32. The predicted molar refractivity (Wildman–Crippen MR) is 160 cm³/mol. The summed E-state index contributed by atoms with van der Waals surface area (Å²) in [6, 6.07) is 14.7. The molecule has 0 saturated carbocycles. The van der Waals surface area contributed by atoms with Crippen LogP contribution < -0.4 is 10.6 Å². The predicted octanol–water partition coefficient (Wildman–Crippen LogP) is 5.43. The van der Waals surface area contributed by atoms with Crippen LogP contribution in [0.4, 0.5) is 10.6 Å². The molecule has 0 aliphatic carbocycles. The van der Waals surface area contributed by atoms with Crippen molar-refractivity contribution in [1.82, 2.24) is 24.9 Å². The first-order valence-electron chi connectivity index (χ1n) is 13.5. The lowest BCUT2D eigenvalue weighted by molar-refractivity contribution is 0.0819. The molecule has 38 heavy (non-hydrogen) atoms. The van der Waals surface area contributed by atoms with Crippen molar-refractivity contribution in [1.29, 1.82) is 0 Å². The minimum absolute atomic E-state index is 0.259. The van der Waals surface area contributed by atoms with Crippen molar-refractivity contribution in [3.63, 3.8) is 0 Å². The van der Waals surface area contributed by atoms with Crippen LogP contribution in [0.2, 0.25) is 30.7 Å². The van der Waals surface area contributed by atoms with Crippen LogP contribution in [0.1, 0.15) is 6.42 Å². The second-order valence-electron chi connectivity index (χ2n) is 11.3. The molecule has 1 aliphatic rings. The smallest absolute Gasteiger partial charge is 0.320 e. The SMILES string of the molecule is CN1CCN(CCCNC(=O)Nc2nn(COCC[Si](C)(C)C)c3cc(Cl)c(-c4ccccc4)cc23)CC1. The van der Waals surface area contributed by atoms with Crippen LogP contribution in [0.25, 0.3) is 22.0 Å². The van der Waals surface area contributed by atoms with E-state index in [1.807, 2.05) is 42.5 Å². The molecule has 2 aromatic carbocycles. The Morgan fingerprint density at radius 2 is 1.84 bits per heavy atom. The fourth-order valence-electron chi connectivity index (χ4n) is 4.48. The summed E-state index contributed by atoms with van der Waals surface area (Å²) in [6.07, 6.45) is 0.908. The van der Waals surface area contributed by atoms with Crippen LogP contribution in [0.3, 0.4) is 0 Å². The molecule has 0 atom stereocenters. The number of carbonyl (C=O) groups excluding carboxylic acids is 1. The number of rotatable bonds is 11. The number of hydrogen-bond acceptors (Lipinski definition) is 5. The van der Waals surface area contributed by atoms with Crippen molar-refractivity contribution in [3.05, 3.63) is 47.5 Å². The molecule has 8 nitrogen and oxygen atoms in total. The van der Waals surface area contributed by atoms with Gasteiger partial charge in [-0.3, -0.25) is 5.32 Å². The van der Waals surface area contributed by atoms with Crippen LogP contribution >= 0.6 is 11.6 Å². The van der Waals surface area contributed by atoms with Gasteiger partial charge in [-0.1, -0.05) is 61.6 Å². The first kappa shape index (κ1) is 28.6. The fraction of sp³-hybridized carbons (Fsp3) is 0.500. The summed E-state index contributed by atoms with van der Waals surface area (Å²) in [5, 5.41) is 12.1. The number of anilines is 1. The Balaban J connectivity index is 1.45. The summed E-state index contributed by atoms with van der Waals surface area (Å²) in [6.45, 7) is 13.9. The van der Waals surface area contributed by atoms with E-state index in [2.05, 4.69) is 47.1 Å². The van der Waals surface area contributed by atoms with Crippen LogP contribution in [0, 0.1) is 0 Å². The van der Waals surface area contributed by atoms with E-state index in [1.165, 1.54) is 0 Å². The molecule has 10 heteroatoms. The average molecular weight is 557 g/mol. The number of fused-ring (bicyclic) bond motifs is 1. The number of amides is 2. The van der Waals surface area contributed by atoms with Gasteiger partial charge in [0.1, 0.15) is 6.73 Å². The second-order valence-corrected chi connectivity index (χ2v) is 17.3. The molecule has 2 N–H and O–H groups in total. The molecule has 1 aromatic heterocycles. The molecule has 206 valence electrons. The number of ether oxygens (including phenoxy) is 1. The Hall–Kier alpha value is -2.43. The highest BCUT2D eigenvalue weighted by atomic mass is 35.5. The van der Waals surface area contributed by atoms with Gasteiger partial charge < -0.3 is 19.9 Å². The van der Waals surface area contributed by atoms with Gasteiger partial charge in [-0.05, 0) is 43.8 Å². The van der Waals surface area contributed by atoms with E-state index in [0.29, 0.717) is 30.7 Å². The normalized spacial score (nSPS) is 15.2. The molecule has 0 unspecified atom stereocenters. The number of benzene rings is 2. The third kappa shape index (κ3) is 8.03. The van der Waals surface area contributed by atoms with E-state index in [4.69, 9.17) is 21.4 Å². The lowest BCUT2D eigenvalue weighted by atomic mass is 10.0. The van der Waals surface area contributed by atoms with Gasteiger partial charge >= 0.3 is 6.03 Å². The van der Waals surface area contributed by atoms with Gasteiger partial charge in [-0.25, -0.2) is 9.48 Å². The van der Waals surface area contributed by atoms with E-state index in [1.54, 1.807) is 4.68 Å². The average Bonchev–Trinajstić information content (AvgIpc) is 3.20. The summed E-state index contributed by atoms with van der Waals surface area (Å²) in [4.78, 5) is 17.6. The van der Waals surface area contributed by atoms with Crippen LogP contribution in [0.5, 0.6) is 0 Å². The van der Waals surface area contributed by atoms with Gasteiger partial charge in [-0.15, -0.1) is 0 Å². The fourth-order valence-corrected chi connectivity index (χ4v) is 5.50. The maximum Gasteiger partial charge on any atom is 0.320 e. The third-order valence-corrected chi connectivity index (χ3v) is 8.92. The minimum atomic E-state index is -1.20. The quantitative estimate of drug-likeness (QED) is 0.243. The summed E-state index contributed by atoms with van der Waals surface area (Å²) in [5.41, 5.74) is 2.74. The molecule has 1 fully saturated rings. The molecule has 0 spiro atoms. The van der Waals surface area contributed by atoms with E-state index in [-0.39, 0.29) is 6.03 Å². The number of carbonyl (C=O) groups is 1. The zero-order chi connectivity index (χ0) is 27.1. The van der Waals surface area contributed by atoms with E-state index in [0.717, 1.165) is 67.2 Å². The largest absolute Gasteiger partial charge is 0.360 e. The monoisotopic (exact) mass is 556 g/mol. The van der Waals surface area contributed by atoms with Crippen molar-refractivity contribution >= 4 is 42.4 Å². The molecule has 1 aliphatic heterocycles. The van der Waals surface area contributed by atoms with Crippen LogP contribution in [-0.4, -0.2) is 86.6 Å². The van der Waals surface area contributed by atoms with E-state index >= 15 is 0 Å². The van der Waals surface area contributed by atoms with Gasteiger partial charge in [0.05, 0.1) is 10.5 Å². The zero-order valence-electron chi connectivity index (χ0n) is 23.1. The highest BCUT2D eigenvalue weighted by Gasteiger charge is 2.18. The number of urea groups is 1. The van der Waals surface area contributed by atoms with E-state index in [9.17, 15) is 4.79 Å². The number of aromatic nitrogens is 2. The highest BCUT2D eigenvalue weighted by Crippen LogP contribution is 2.35. The molecule has 3 aromatic rings. The highest BCUT2D eigenvalue weighted by molar-refractivity contribution is 6.76. The van der Waals surface area contributed by atoms with E-state index < -0.39 is 8.07 Å². The zero-order valence-corrected chi connectivity index (χ0v) is 24.9. The Kier molecular flexibility index (Phi) is 9.84. The van der Waals surface area contributed by atoms with Gasteiger partial charge in [0.2, 0.25) is 0 Å². The molecule has 4 rings (SSSR count). The number of nitrogens with one attached hydrogen (secondary N) is 2. The van der Waals surface area contributed by atoms with Crippen molar-refractivity contribution in [2.45, 2.75) is 38.8 Å². The van der Waals surface area contributed by atoms with Crippen molar-refractivity contribution in [2.24, 2.45) is 0 Å². The number of piperazine rings is 1. The molecule has 1 saturated heterocycles. The number of likely N-dealkylation sites (N-methyl/N-ethyl adjacent to an activating group) is 1. The van der Waals surface area contributed by atoms with Gasteiger partial charge in [0.15, 0.2) is 5.82 Å². The van der Waals surface area contributed by atoms with Crippen molar-refractivity contribution in [2.75, 3.05) is 58.2 Å². The van der Waals surface area contributed by atoms with Crippen LogP contribution in [-0.2, 0) is 11.5 Å². The molecular weight excluding hydrogens is 516 g/mol. The maximum atomic E-state index is 12.8. The van der Waals surface area contributed by atoms with Crippen molar-refractivity contribution in [3.8, 4) is 11.1 Å². The summed E-state index contributed by atoms with van der Waals surface area (Å²) < 4.78 is 7.76.